The smallest absolute Gasteiger partial charge is 0.252 e. The van der Waals surface area contributed by atoms with Crippen LogP contribution in [0.25, 0.3) is 5.69 Å². The first-order valence-electron chi connectivity index (χ1n) is 11.3. The molecular formula is C23H29FN8O2. The minimum Gasteiger partial charge on any atom is -0.476 e. The van der Waals surface area contributed by atoms with Gasteiger partial charge in [0.15, 0.2) is 11.6 Å². The molecule has 0 aromatic carbocycles. The largest absolute Gasteiger partial charge is 0.476 e. The van der Waals surface area contributed by atoms with Crippen LogP contribution in [0.1, 0.15) is 49.9 Å². The standard InChI is InChI=1S/C23H29FN8O2/c1-3-34-22-18(32-10-6-9-28-32)11-15(13-27-22)29-20-16(19(26)33)12-17(24)21(30-20)31-23(14(2)25)7-4-5-8-23/h6,9-14H,3-5,7-8,25H2,1-2H3,(H2,26,33)(H2,29,30,31)/t14-/m0/s1. The molecule has 1 atom stereocenters. The second-order valence-electron chi connectivity index (χ2n) is 8.41. The number of carbonyl (C=O) groups excluding carboxylic acids is 1. The van der Waals surface area contributed by atoms with Crippen LogP contribution in [0, 0.1) is 5.82 Å². The van der Waals surface area contributed by atoms with Crippen molar-refractivity contribution in [1.29, 1.82) is 0 Å². The van der Waals surface area contributed by atoms with Gasteiger partial charge in [-0.3, -0.25) is 4.79 Å². The number of hydrogen-bond acceptors (Lipinski definition) is 8. The van der Waals surface area contributed by atoms with Crippen molar-refractivity contribution < 1.29 is 13.9 Å². The number of primary amides is 1. The summed E-state index contributed by atoms with van der Waals surface area (Å²) in [4.78, 5) is 20.8. The Morgan fingerprint density at radius 1 is 1.32 bits per heavy atom. The Hall–Kier alpha value is -3.73. The summed E-state index contributed by atoms with van der Waals surface area (Å²) >= 11 is 0. The number of aromatic nitrogens is 4. The van der Waals surface area contributed by atoms with Crippen LogP contribution < -0.4 is 26.8 Å². The Morgan fingerprint density at radius 2 is 2.09 bits per heavy atom. The molecule has 0 radical (unpaired) electrons. The van der Waals surface area contributed by atoms with Gasteiger partial charge in [-0.15, -0.1) is 0 Å². The number of nitrogens with two attached hydrogens (primary N) is 2. The Bertz CT molecular complexity index is 1160. The zero-order valence-electron chi connectivity index (χ0n) is 19.2. The van der Waals surface area contributed by atoms with Gasteiger partial charge < -0.3 is 26.8 Å². The van der Waals surface area contributed by atoms with E-state index in [4.69, 9.17) is 16.2 Å². The number of anilines is 3. The summed E-state index contributed by atoms with van der Waals surface area (Å²) in [7, 11) is 0. The van der Waals surface area contributed by atoms with Crippen molar-refractivity contribution in [3.05, 3.63) is 48.2 Å². The molecule has 180 valence electrons. The van der Waals surface area contributed by atoms with Crippen LogP contribution in [-0.2, 0) is 0 Å². The van der Waals surface area contributed by atoms with Crippen molar-refractivity contribution >= 4 is 23.2 Å². The number of hydrogen-bond donors (Lipinski definition) is 4. The Kier molecular flexibility index (Phi) is 6.64. The Morgan fingerprint density at radius 3 is 2.71 bits per heavy atom. The van der Waals surface area contributed by atoms with Crippen molar-refractivity contribution in [2.75, 3.05) is 17.2 Å². The molecular weight excluding hydrogens is 439 g/mol. The van der Waals surface area contributed by atoms with Gasteiger partial charge in [0, 0.05) is 18.4 Å². The van der Waals surface area contributed by atoms with E-state index in [0.717, 1.165) is 31.7 Å². The quantitative estimate of drug-likeness (QED) is 0.375. The molecule has 1 saturated carbocycles. The molecule has 0 unspecified atom stereocenters. The van der Waals surface area contributed by atoms with Crippen LogP contribution in [0.2, 0.25) is 0 Å². The Labute approximate surface area is 196 Å². The predicted octanol–water partition coefficient (Wildman–Crippen LogP) is 3.11. The lowest BCUT2D eigenvalue weighted by molar-refractivity contribution is 0.100. The third kappa shape index (κ3) is 4.65. The van der Waals surface area contributed by atoms with E-state index < -0.39 is 17.3 Å². The second kappa shape index (κ2) is 9.64. The molecule has 11 heteroatoms. The Balaban J connectivity index is 1.72. The SMILES string of the molecule is CCOc1ncc(Nc2nc(NC3([C@H](C)N)CCCC3)c(F)cc2C(N)=O)cc1-n1cccn1. The topological polar surface area (TPSA) is 146 Å². The molecule has 0 saturated heterocycles. The average Bonchev–Trinajstić information content (AvgIpc) is 3.50. The van der Waals surface area contributed by atoms with E-state index in [-0.39, 0.29) is 23.2 Å². The van der Waals surface area contributed by atoms with E-state index in [1.165, 1.54) is 6.20 Å². The summed E-state index contributed by atoms with van der Waals surface area (Å²) in [6.45, 7) is 4.18. The van der Waals surface area contributed by atoms with Gasteiger partial charge in [-0.1, -0.05) is 12.8 Å². The van der Waals surface area contributed by atoms with Crippen molar-refractivity contribution in [3.63, 3.8) is 0 Å². The normalized spacial score (nSPS) is 15.6. The lowest BCUT2D eigenvalue weighted by atomic mass is 9.89. The van der Waals surface area contributed by atoms with Crippen molar-refractivity contribution in [2.45, 2.75) is 51.1 Å². The minimum absolute atomic E-state index is 0.0119. The van der Waals surface area contributed by atoms with Gasteiger partial charge >= 0.3 is 0 Å². The van der Waals surface area contributed by atoms with Crippen LogP contribution in [0.15, 0.2) is 36.8 Å². The summed E-state index contributed by atoms with van der Waals surface area (Å²) in [6.07, 6.45) is 8.53. The zero-order valence-corrected chi connectivity index (χ0v) is 19.2. The fourth-order valence-corrected chi connectivity index (χ4v) is 4.26. The van der Waals surface area contributed by atoms with E-state index in [2.05, 4.69) is 25.7 Å². The molecule has 1 aliphatic carbocycles. The second-order valence-corrected chi connectivity index (χ2v) is 8.41. The van der Waals surface area contributed by atoms with Crippen molar-refractivity contribution in [2.24, 2.45) is 11.5 Å². The first-order valence-corrected chi connectivity index (χ1v) is 11.3. The molecule has 1 amide bonds. The van der Waals surface area contributed by atoms with Gasteiger partial charge in [0.05, 0.1) is 29.6 Å². The van der Waals surface area contributed by atoms with Crippen molar-refractivity contribution in [1.82, 2.24) is 19.7 Å². The van der Waals surface area contributed by atoms with Gasteiger partial charge in [-0.25, -0.2) is 19.0 Å². The summed E-state index contributed by atoms with van der Waals surface area (Å²) in [5.74, 6) is -0.978. The summed E-state index contributed by atoms with van der Waals surface area (Å²) in [5.41, 5.74) is 12.3. The van der Waals surface area contributed by atoms with E-state index >= 15 is 0 Å². The fraction of sp³-hybridized carbons (Fsp3) is 0.391. The van der Waals surface area contributed by atoms with Crippen LogP contribution in [0.5, 0.6) is 5.88 Å². The molecule has 0 spiro atoms. The highest BCUT2D eigenvalue weighted by Crippen LogP contribution is 2.36. The molecule has 3 aromatic heterocycles. The van der Waals surface area contributed by atoms with Gasteiger partial charge in [0.25, 0.3) is 5.91 Å². The molecule has 0 bridgehead atoms. The number of nitrogens with zero attached hydrogens (tertiary/aromatic N) is 4. The minimum atomic E-state index is -0.811. The molecule has 6 N–H and O–H groups in total. The van der Waals surface area contributed by atoms with Crippen LogP contribution in [0.3, 0.4) is 0 Å². The maximum atomic E-state index is 15.0. The number of halogens is 1. The van der Waals surface area contributed by atoms with Crippen molar-refractivity contribution in [3.8, 4) is 11.6 Å². The highest BCUT2D eigenvalue weighted by molar-refractivity contribution is 5.98. The third-order valence-corrected chi connectivity index (χ3v) is 6.10. The maximum absolute atomic E-state index is 15.0. The monoisotopic (exact) mass is 468 g/mol. The van der Waals surface area contributed by atoms with Gasteiger partial charge in [-0.05, 0) is 44.9 Å². The van der Waals surface area contributed by atoms with E-state index in [0.29, 0.717) is 23.9 Å². The van der Waals surface area contributed by atoms with Gasteiger partial charge in [-0.2, -0.15) is 5.10 Å². The summed E-state index contributed by atoms with van der Waals surface area (Å²) < 4.78 is 22.2. The van der Waals surface area contributed by atoms with E-state index in [1.54, 1.807) is 29.2 Å². The molecule has 10 nitrogen and oxygen atoms in total. The molecule has 1 fully saturated rings. The number of pyridine rings is 2. The lowest BCUT2D eigenvalue weighted by Crippen LogP contribution is -2.50. The van der Waals surface area contributed by atoms with Crippen LogP contribution in [-0.4, -0.2) is 43.8 Å². The number of ether oxygens (including phenoxy) is 1. The number of rotatable bonds is 9. The lowest BCUT2D eigenvalue weighted by Gasteiger charge is -2.35. The molecule has 1 aliphatic rings. The van der Waals surface area contributed by atoms with E-state index in [1.807, 2.05) is 13.8 Å². The fourth-order valence-electron chi connectivity index (χ4n) is 4.26. The molecule has 3 heterocycles. The third-order valence-electron chi connectivity index (χ3n) is 6.10. The van der Waals surface area contributed by atoms with Gasteiger partial charge in [0.1, 0.15) is 11.5 Å². The molecule has 0 aliphatic heterocycles. The zero-order chi connectivity index (χ0) is 24.3. The molecule has 4 rings (SSSR count). The maximum Gasteiger partial charge on any atom is 0.252 e. The molecule has 3 aromatic rings. The van der Waals surface area contributed by atoms with E-state index in [9.17, 15) is 9.18 Å². The first kappa shape index (κ1) is 23.4. The van der Waals surface area contributed by atoms with Crippen LogP contribution >= 0.6 is 0 Å². The number of amides is 1. The first-order chi connectivity index (χ1) is 16.3. The highest BCUT2D eigenvalue weighted by Gasteiger charge is 2.38. The average molecular weight is 469 g/mol. The predicted molar refractivity (Wildman–Crippen MR) is 127 cm³/mol. The molecule has 34 heavy (non-hydrogen) atoms. The van der Waals surface area contributed by atoms with Gasteiger partial charge in [0.2, 0.25) is 5.88 Å². The number of nitrogens with one attached hydrogen (secondary N) is 2. The summed E-state index contributed by atoms with van der Waals surface area (Å²) in [6, 6.07) is 4.39. The summed E-state index contributed by atoms with van der Waals surface area (Å²) in [5, 5.41) is 10.5. The van der Waals surface area contributed by atoms with Crippen LogP contribution in [0.4, 0.5) is 21.7 Å². The highest BCUT2D eigenvalue weighted by atomic mass is 19.1. The number of carbonyl (C=O) groups is 1.